The van der Waals surface area contributed by atoms with Gasteiger partial charge in [-0.3, -0.25) is 4.68 Å². The zero-order chi connectivity index (χ0) is 17.0. The van der Waals surface area contributed by atoms with Crippen molar-refractivity contribution in [2.45, 2.75) is 64.4 Å². The monoisotopic (exact) mass is 324 g/mol. The van der Waals surface area contributed by atoms with Crippen molar-refractivity contribution >= 4 is 6.09 Å². The molecule has 1 aromatic heterocycles. The van der Waals surface area contributed by atoms with Crippen LogP contribution in [0.4, 0.5) is 4.79 Å². The Balaban J connectivity index is 1.87. The van der Waals surface area contributed by atoms with Crippen molar-refractivity contribution < 1.29 is 14.3 Å². The highest BCUT2D eigenvalue weighted by Gasteiger charge is 2.42. The van der Waals surface area contributed by atoms with E-state index in [2.05, 4.69) is 15.7 Å². The van der Waals surface area contributed by atoms with Gasteiger partial charge in [-0.2, -0.15) is 5.10 Å². The first-order valence-corrected chi connectivity index (χ1v) is 8.10. The lowest BCUT2D eigenvalue weighted by atomic mass is 9.82. The molecular weight excluding hydrogens is 296 g/mol. The van der Waals surface area contributed by atoms with Crippen LogP contribution in [0.2, 0.25) is 0 Å². The molecule has 130 valence electrons. The standard InChI is InChI=1S/C16H28N4O3/c1-6-22-13-7-12(19-15(21)23-16(2,3)4)14(13)17-8-11-9-18-20(5)10-11/h9-10,12-14,17H,6-8H2,1-5H3,(H,19,21). The Morgan fingerprint density at radius 3 is 2.78 bits per heavy atom. The van der Waals surface area contributed by atoms with Crippen molar-refractivity contribution in [2.24, 2.45) is 7.05 Å². The quantitative estimate of drug-likeness (QED) is 0.831. The van der Waals surface area contributed by atoms with Crippen molar-refractivity contribution in [3.05, 3.63) is 18.0 Å². The minimum atomic E-state index is -0.494. The van der Waals surface area contributed by atoms with Gasteiger partial charge in [0.15, 0.2) is 0 Å². The Morgan fingerprint density at radius 2 is 2.22 bits per heavy atom. The number of nitrogens with zero attached hydrogens (tertiary/aromatic N) is 2. The van der Waals surface area contributed by atoms with Gasteiger partial charge >= 0.3 is 6.09 Å². The summed E-state index contributed by atoms with van der Waals surface area (Å²) in [6, 6.07) is 0.0840. The third-order valence-corrected chi connectivity index (χ3v) is 3.70. The molecule has 3 unspecified atom stereocenters. The lowest BCUT2D eigenvalue weighted by Gasteiger charge is -2.44. The zero-order valence-electron chi connectivity index (χ0n) is 14.6. The molecule has 0 saturated heterocycles. The Hall–Kier alpha value is -1.60. The Kier molecular flexibility index (Phi) is 5.64. The molecule has 1 aliphatic rings. The van der Waals surface area contributed by atoms with Crippen LogP contribution < -0.4 is 10.6 Å². The highest BCUT2D eigenvalue weighted by molar-refractivity contribution is 5.68. The molecule has 0 bridgehead atoms. The lowest BCUT2D eigenvalue weighted by molar-refractivity contribution is -0.0438. The maximum atomic E-state index is 11.9. The van der Waals surface area contributed by atoms with Crippen molar-refractivity contribution in [3.8, 4) is 0 Å². The van der Waals surface area contributed by atoms with Gasteiger partial charge < -0.3 is 20.1 Å². The van der Waals surface area contributed by atoms with E-state index in [-0.39, 0.29) is 24.3 Å². The molecule has 1 fully saturated rings. The van der Waals surface area contributed by atoms with Gasteiger partial charge in [0, 0.05) is 32.0 Å². The lowest BCUT2D eigenvalue weighted by Crippen LogP contribution is -2.66. The molecule has 0 spiro atoms. The van der Waals surface area contributed by atoms with Crippen LogP contribution in [-0.4, -0.2) is 46.3 Å². The predicted molar refractivity (Wildman–Crippen MR) is 87.0 cm³/mol. The summed E-state index contributed by atoms with van der Waals surface area (Å²) in [5.74, 6) is 0. The number of amides is 1. The first kappa shape index (κ1) is 17.7. The smallest absolute Gasteiger partial charge is 0.407 e. The number of ether oxygens (including phenoxy) is 2. The van der Waals surface area contributed by atoms with Crippen LogP contribution in [0.5, 0.6) is 0 Å². The summed E-state index contributed by atoms with van der Waals surface area (Å²) >= 11 is 0. The predicted octanol–water partition coefficient (Wildman–Crippen LogP) is 1.58. The van der Waals surface area contributed by atoms with E-state index in [1.54, 1.807) is 4.68 Å². The Morgan fingerprint density at radius 1 is 1.48 bits per heavy atom. The Labute approximate surface area is 137 Å². The van der Waals surface area contributed by atoms with Crippen molar-refractivity contribution in [1.82, 2.24) is 20.4 Å². The number of hydrogen-bond acceptors (Lipinski definition) is 5. The zero-order valence-corrected chi connectivity index (χ0v) is 14.6. The first-order valence-electron chi connectivity index (χ1n) is 8.10. The third-order valence-electron chi connectivity index (χ3n) is 3.70. The minimum Gasteiger partial charge on any atom is -0.444 e. The van der Waals surface area contributed by atoms with Crippen molar-refractivity contribution in [1.29, 1.82) is 0 Å². The number of carbonyl (C=O) groups is 1. The molecule has 23 heavy (non-hydrogen) atoms. The summed E-state index contributed by atoms with van der Waals surface area (Å²) in [6.45, 7) is 8.90. The molecule has 0 aromatic carbocycles. The van der Waals surface area contributed by atoms with Crippen LogP contribution in [0.25, 0.3) is 0 Å². The average Bonchev–Trinajstić information content (AvgIpc) is 2.81. The number of aryl methyl sites for hydroxylation is 1. The summed E-state index contributed by atoms with van der Waals surface area (Å²) in [5.41, 5.74) is 0.608. The second kappa shape index (κ2) is 7.31. The summed E-state index contributed by atoms with van der Waals surface area (Å²) in [6.07, 6.45) is 4.31. The maximum absolute atomic E-state index is 11.9. The molecular formula is C16H28N4O3. The van der Waals surface area contributed by atoms with Crippen molar-refractivity contribution in [2.75, 3.05) is 6.61 Å². The number of carbonyl (C=O) groups excluding carboxylic acids is 1. The SMILES string of the molecule is CCOC1CC(NC(=O)OC(C)(C)C)C1NCc1cnn(C)c1. The van der Waals surface area contributed by atoms with Gasteiger partial charge in [-0.15, -0.1) is 0 Å². The van der Waals surface area contributed by atoms with E-state index in [1.165, 1.54) is 0 Å². The van der Waals surface area contributed by atoms with Gasteiger partial charge in [-0.1, -0.05) is 0 Å². The first-order chi connectivity index (χ1) is 10.8. The van der Waals surface area contributed by atoms with Crippen LogP contribution >= 0.6 is 0 Å². The van der Waals surface area contributed by atoms with Crippen LogP contribution in [0, 0.1) is 0 Å². The van der Waals surface area contributed by atoms with Crippen LogP contribution in [0.15, 0.2) is 12.4 Å². The summed E-state index contributed by atoms with van der Waals surface area (Å²) in [5, 5.41) is 10.5. The number of rotatable bonds is 6. The number of aromatic nitrogens is 2. The molecule has 1 aromatic rings. The molecule has 1 aliphatic carbocycles. The van der Waals surface area contributed by atoms with Gasteiger partial charge in [-0.05, 0) is 34.1 Å². The molecule has 0 aliphatic heterocycles. The van der Waals surface area contributed by atoms with Gasteiger partial charge in [-0.25, -0.2) is 4.79 Å². The van der Waals surface area contributed by atoms with Gasteiger partial charge in [0.05, 0.1) is 24.4 Å². The number of nitrogens with one attached hydrogen (secondary N) is 2. The second-order valence-corrected chi connectivity index (χ2v) is 6.91. The van der Waals surface area contributed by atoms with Crippen LogP contribution in [0.3, 0.4) is 0 Å². The normalized spacial score (nSPS) is 24.1. The molecule has 7 heteroatoms. The molecule has 2 rings (SSSR count). The van der Waals surface area contributed by atoms with Gasteiger partial charge in [0.25, 0.3) is 0 Å². The Bertz CT molecular complexity index is 524. The minimum absolute atomic E-state index is 0.0121. The molecule has 3 atom stereocenters. The fourth-order valence-corrected chi connectivity index (χ4v) is 2.67. The number of alkyl carbamates (subject to hydrolysis) is 1. The molecule has 1 saturated carbocycles. The third kappa shape index (κ3) is 5.21. The maximum Gasteiger partial charge on any atom is 0.407 e. The molecule has 2 N–H and O–H groups in total. The van der Waals surface area contributed by atoms with E-state index in [9.17, 15) is 4.79 Å². The van der Waals surface area contributed by atoms with E-state index in [4.69, 9.17) is 9.47 Å². The van der Waals surface area contributed by atoms with E-state index in [0.717, 1.165) is 12.0 Å². The van der Waals surface area contributed by atoms with E-state index < -0.39 is 5.60 Å². The van der Waals surface area contributed by atoms with Crippen LogP contribution in [0.1, 0.15) is 39.7 Å². The fourth-order valence-electron chi connectivity index (χ4n) is 2.67. The topological polar surface area (TPSA) is 77.4 Å². The van der Waals surface area contributed by atoms with E-state index >= 15 is 0 Å². The molecule has 7 nitrogen and oxygen atoms in total. The number of hydrogen-bond donors (Lipinski definition) is 2. The second-order valence-electron chi connectivity index (χ2n) is 6.91. The molecule has 1 amide bonds. The molecule has 0 radical (unpaired) electrons. The summed E-state index contributed by atoms with van der Waals surface area (Å²) < 4.78 is 12.8. The van der Waals surface area contributed by atoms with E-state index in [1.807, 2.05) is 47.1 Å². The largest absolute Gasteiger partial charge is 0.444 e. The highest BCUT2D eigenvalue weighted by Crippen LogP contribution is 2.25. The fraction of sp³-hybridized carbons (Fsp3) is 0.750. The van der Waals surface area contributed by atoms with Crippen LogP contribution in [-0.2, 0) is 23.1 Å². The molecule has 1 heterocycles. The average molecular weight is 324 g/mol. The highest BCUT2D eigenvalue weighted by atomic mass is 16.6. The summed E-state index contributed by atoms with van der Waals surface area (Å²) in [4.78, 5) is 11.9. The summed E-state index contributed by atoms with van der Waals surface area (Å²) in [7, 11) is 1.89. The van der Waals surface area contributed by atoms with Gasteiger partial charge in [0.1, 0.15) is 5.60 Å². The van der Waals surface area contributed by atoms with Crippen molar-refractivity contribution in [3.63, 3.8) is 0 Å². The van der Waals surface area contributed by atoms with Gasteiger partial charge in [0.2, 0.25) is 0 Å². The van der Waals surface area contributed by atoms with E-state index in [0.29, 0.717) is 13.2 Å².